The number of aryl methyl sites for hydroxylation is 2. The number of aliphatic imine (C=N–C) groups is 2. The Morgan fingerprint density at radius 1 is 1.00 bits per heavy atom. The maximum absolute atomic E-state index is 5.75. The van der Waals surface area contributed by atoms with Crippen molar-refractivity contribution in [2.75, 3.05) is 63.4 Å². The maximum atomic E-state index is 5.75. The van der Waals surface area contributed by atoms with Crippen LogP contribution in [0.15, 0.2) is 46.4 Å². The molecule has 7 nitrogen and oxygen atoms in total. The topological polar surface area (TPSA) is 64.5 Å². The number of guanidine groups is 1. The van der Waals surface area contributed by atoms with Crippen LogP contribution in [0.4, 0.5) is 17.1 Å². The summed E-state index contributed by atoms with van der Waals surface area (Å²) in [5.41, 5.74) is 5.76. The summed E-state index contributed by atoms with van der Waals surface area (Å²) in [5.74, 6) is 2.33. The van der Waals surface area contributed by atoms with E-state index in [1.165, 1.54) is 16.8 Å². The summed E-state index contributed by atoms with van der Waals surface area (Å²) in [5, 5.41) is 6.87. The molecule has 2 aromatic rings. The van der Waals surface area contributed by atoms with Crippen molar-refractivity contribution in [3.63, 3.8) is 0 Å². The number of benzene rings is 2. The zero-order chi connectivity index (χ0) is 21.8. The lowest BCUT2D eigenvalue weighted by Gasteiger charge is -2.26. The van der Waals surface area contributed by atoms with Gasteiger partial charge in [0.15, 0.2) is 0 Å². The fourth-order valence-electron chi connectivity index (χ4n) is 3.92. The van der Waals surface area contributed by atoms with E-state index in [1.807, 2.05) is 0 Å². The molecule has 2 aliphatic heterocycles. The molecular formula is C24H32N6O. The van der Waals surface area contributed by atoms with Gasteiger partial charge in [0, 0.05) is 50.5 Å². The van der Waals surface area contributed by atoms with Crippen LogP contribution in [-0.2, 0) is 12.8 Å². The maximum Gasteiger partial charge on any atom is 0.224 e. The van der Waals surface area contributed by atoms with Crippen molar-refractivity contribution in [3.05, 3.63) is 47.5 Å². The third kappa shape index (κ3) is 5.17. The summed E-state index contributed by atoms with van der Waals surface area (Å²) < 4.78 is 5.75. The molecule has 2 aromatic carbocycles. The predicted molar refractivity (Wildman–Crippen MR) is 130 cm³/mol. The Kier molecular flexibility index (Phi) is 6.42. The molecule has 4 rings (SSSR count). The van der Waals surface area contributed by atoms with Gasteiger partial charge in [-0.05, 0) is 56.3 Å². The average Bonchev–Trinajstić information content (AvgIpc) is 2.76. The van der Waals surface area contributed by atoms with Crippen molar-refractivity contribution in [1.29, 1.82) is 0 Å². The highest BCUT2D eigenvalue weighted by molar-refractivity contribution is 6.09. The first-order valence-electron chi connectivity index (χ1n) is 10.8. The Morgan fingerprint density at radius 3 is 2.68 bits per heavy atom. The highest BCUT2D eigenvalue weighted by Crippen LogP contribution is 2.34. The third-order valence-electron chi connectivity index (χ3n) is 5.69. The number of rotatable bonds is 5. The van der Waals surface area contributed by atoms with Crippen LogP contribution in [-0.4, -0.2) is 64.6 Å². The van der Waals surface area contributed by atoms with Crippen molar-refractivity contribution in [1.82, 2.24) is 4.90 Å². The molecule has 0 atom stereocenters. The molecule has 0 saturated heterocycles. The van der Waals surface area contributed by atoms with E-state index < -0.39 is 0 Å². The van der Waals surface area contributed by atoms with Crippen molar-refractivity contribution < 1.29 is 4.74 Å². The number of hydrogen-bond donors (Lipinski definition) is 2. The van der Waals surface area contributed by atoms with Crippen molar-refractivity contribution in [2.24, 2.45) is 9.98 Å². The minimum Gasteiger partial charge on any atom is -0.494 e. The highest BCUT2D eigenvalue weighted by atomic mass is 16.5. The summed E-state index contributed by atoms with van der Waals surface area (Å²) in [6.45, 7) is 2.63. The number of amidine groups is 1. The summed E-state index contributed by atoms with van der Waals surface area (Å²) in [6, 6.07) is 12.9. The fraction of sp³-hybridized carbons (Fsp3) is 0.417. The first-order valence-corrected chi connectivity index (χ1v) is 10.8. The van der Waals surface area contributed by atoms with Crippen LogP contribution < -0.4 is 20.3 Å². The summed E-state index contributed by atoms with van der Waals surface area (Å²) in [6.07, 6.45) is 2.70. The second-order valence-electron chi connectivity index (χ2n) is 8.37. The van der Waals surface area contributed by atoms with E-state index in [1.54, 1.807) is 7.11 Å². The number of fused-ring (bicyclic) bond motifs is 5. The fourth-order valence-corrected chi connectivity index (χ4v) is 3.92. The van der Waals surface area contributed by atoms with Crippen LogP contribution in [0.1, 0.15) is 17.5 Å². The van der Waals surface area contributed by atoms with Gasteiger partial charge in [-0.3, -0.25) is 4.99 Å². The molecule has 0 unspecified atom stereocenters. The van der Waals surface area contributed by atoms with Gasteiger partial charge in [0.25, 0.3) is 0 Å². The van der Waals surface area contributed by atoms with Crippen LogP contribution in [0.2, 0.25) is 0 Å². The molecule has 0 saturated carbocycles. The van der Waals surface area contributed by atoms with Gasteiger partial charge in [-0.15, -0.1) is 0 Å². The van der Waals surface area contributed by atoms with E-state index >= 15 is 0 Å². The summed E-state index contributed by atoms with van der Waals surface area (Å²) in [4.78, 5) is 13.8. The molecule has 7 heteroatoms. The Morgan fingerprint density at radius 2 is 1.87 bits per heavy atom. The number of likely N-dealkylation sites (N-methyl/N-ethyl adjacent to an activating group) is 2. The lowest BCUT2D eigenvalue weighted by molar-refractivity contribution is 0.413. The van der Waals surface area contributed by atoms with Crippen LogP contribution in [0.25, 0.3) is 0 Å². The molecule has 6 bridgehead atoms. The number of nitrogens with zero attached hydrogens (tertiary/aromatic N) is 4. The summed E-state index contributed by atoms with van der Waals surface area (Å²) >= 11 is 0. The van der Waals surface area contributed by atoms with Crippen LogP contribution in [0.5, 0.6) is 5.75 Å². The first kappa shape index (κ1) is 21.2. The van der Waals surface area contributed by atoms with Crippen molar-refractivity contribution in [2.45, 2.75) is 19.3 Å². The van der Waals surface area contributed by atoms with E-state index in [4.69, 9.17) is 9.73 Å². The molecule has 0 amide bonds. The zero-order valence-corrected chi connectivity index (χ0v) is 18.9. The van der Waals surface area contributed by atoms with Crippen molar-refractivity contribution >= 4 is 28.9 Å². The highest BCUT2D eigenvalue weighted by Gasteiger charge is 2.17. The van der Waals surface area contributed by atoms with Gasteiger partial charge in [0.1, 0.15) is 11.6 Å². The van der Waals surface area contributed by atoms with E-state index in [9.17, 15) is 0 Å². The van der Waals surface area contributed by atoms with Gasteiger partial charge in [-0.2, -0.15) is 4.99 Å². The molecule has 164 valence electrons. The molecule has 0 aliphatic carbocycles. The zero-order valence-electron chi connectivity index (χ0n) is 18.9. The first-order chi connectivity index (χ1) is 15.0. The molecule has 31 heavy (non-hydrogen) atoms. The van der Waals surface area contributed by atoms with E-state index in [2.05, 4.69) is 83.0 Å². The van der Waals surface area contributed by atoms with E-state index in [0.717, 1.165) is 55.3 Å². The molecule has 0 fully saturated rings. The van der Waals surface area contributed by atoms with Crippen molar-refractivity contribution in [3.8, 4) is 5.75 Å². The number of anilines is 3. The van der Waals surface area contributed by atoms with Crippen LogP contribution in [0.3, 0.4) is 0 Å². The molecular weight excluding hydrogens is 388 g/mol. The monoisotopic (exact) mass is 420 g/mol. The van der Waals surface area contributed by atoms with E-state index in [-0.39, 0.29) is 0 Å². The Balaban J connectivity index is 1.75. The SMILES string of the molecule is COc1cc(N(C)CCN(C)C)c2cc1NC1=NCCC(=N1)Nc1cccc(c1)CC2. The minimum absolute atomic E-state index is 0.613. The molecule has 2 N–H and O–H groups in total. The van der Waals surface area contributed by atoms with Gasteiger partial charge in [0.2, 0.25) is 5.96 Å². The predicted octanol–water partition coefficient (Wildman–Crippen LogP) is 3.47. The Hall–Kier alpha value is -3.06. The number of ether oxygens (including phenoxy) is 1. The van der Waals surface area contributed by atoms with Gasteiger partial charge >= 0.3 is 0 Å². The second kappa shape index (κ2) is 9.39. The van der Waals surface area contributed by atoms with Gasteiger partial charge in [-0.25, -0.2) is 0 Å². The van der Waals surface area contributed by atoms with Crippen LogP contribution >= 0.6 is 0 Å². The van der Waals surface area contributed by atoms with Gasteiger partial charge in [0.05, 0.1) is 12.8 Å². The standard InChI is InChI=1S/C24H32N6O/c1-29(2)12-13-30(3)21-16-22(31-4)20-15-18(21)9-8-17-6-5-7-19(14-17)26-23-10-11-25-24(27-20)28-23/h5-7,14-16H,8-13H2,1-4H3,(H2,25,26,27,28). The second-order valence-corrected chi connectivity index (χ2v) is 8.37. The quantitative estimate of drug-likeness (QED) is 0.775. The molecule has 0 aromatic heterocycles. The number of nitrogens with one attached hydrogen (secondary N) is 2. The van der Waals surface area contributed by atoms with Crippen LogP contribution in [0, 0.1) is 0 Å². The lowest BCUT2D eigenvalue weighted by Crippen LogP contribution is -2.29. The van der Waals surface area contributed by atoms with E-state index in [0.29, 0.717) is 12.5 Å². The van der Waals surface area contributed by atoms with Gasteiger partial charge < -0.3 is 25.2 Å². The molecule has 0 radical (unpaired) electrons. The Bertz CT molecular complexity index is 998. The average molecular weight is 421 g/mol. The number of methoxy groups -OCH3 is 1. The normalized spacial score (nSPS) is 15.4. The summed E-state index contributed by atoms with van der Waals surface area (Å²) in [7, 11) is 8.06. The molecule has 2 heterocycles. The number of hydrogen-bond acceptors (Lipinski definition) is 7. The lowest BCUT2D eigenvalue weighted by atomic mass is 10.0. The smallest absolute Gasteiger partial charge is 0.224 e. The minimum atomic E-state index is 0.613. The third-order valence-corrected chi connectivity index (χ3v) is 5.69. The molecule has 2 aliphatic rings. The Labute approximate surface area is 184 Å². The largest absolute Gasteiger partial charge is 0.494 e. The van der Waals surface area contributed by atoms with Gasteiger partial charge in [-0.1, -0.05) is 12.1 Å². The molecule has 0 spiro atoms.